The second-order valence-corrected chi connectivity index (χ2v) is 9.31. The van der Waals surface area contributed by atoms with Crippen molar-refractivity contribution in [2.75, 3.05) is 14.2 Å². The number of methoxy groups -OCH3 is 2. The van der Waals surface area contributed by atoms with Crippen molar-refractivity contribution in [2.45, 2.75) is 54.6 Å². The molecule has 2 unspecified atom stereocenters. The summed E-state index contributed by atoms with van der Waals surface area (Å²) < 4.78 is 35.3. The number of hydrogen-bond acceptors (Lipinski definition) is 5. The Morgan fingerprint density at radius 1 is 1.09 bits per heavy atom. The Balaban J connectivity index is 1.85. The van der Waals surface area contributed by atoms with Gasteiger partial charge in [-0.1, -0.05) is 6.42 Å². The summed E-state index contributed by atoms with van der Waals surface area (Å²) in [6.07, 6.45) is 3.35. The molecule has 0 spiro atoms. The summed E-state index contributed by atoms with van der Waals surface area (Å²) in [5.41, 5.74) is -0.0700. The third kappa shape index (κ3) is 3.19. The predicted octanol–water partition coefficient (Wildman–Crippen LogP) is 2.11. The van der Waals surface area contributed by atoms with Crippen LogP contribution in [0.25, 0.3) is 0 Å². The maximum atomic E-state index is 12.4. The first-order valence-corrected chi connectivity index (χ1v) is 9.64. The second-order valence-electron chi connectivity index (χ2n) is 6.79. The summed E-state index contributed by atoms with van der Waals surface area (Å²) in [4.78, 5) is 0. The van der Waals surface area contributed by atoms with E-state index in [1.54, 1.807) is 20.3 Å². The fourth-order valence-corrected chi connectivity index (χ4v) is 6.65. The van der Waals surface area contributed by atoms with Gasteiger partial charge in [0.15, 0.2) is 9.84 Å². The number of rotatable bonds is 4. The van der Waals surface area contributed by atoms with Crippen molar-refractivity contribution in [3.8, 4) is 11.5 Å². The maximum Gasteiger partial charge on any atom is 0.156 e. The van der Waals surface area contributed by atoms with Crippen molar-refractivity contribution < 1.29 is 23.0 Å². The van der Waals surface area contributed by atoms with E-state index in [-0.39, 0.29) is 0 Å². The molecule has 6 heteroatoms. The molecule has 0 saturated carbocycles. The molecule has 2 atom stereocenters. The van der Waals surface area contributed by atoms with Gasteiger partial charge < -0.3 is 14.6 Å². The minimum Gasteiger partial charge on any atom is -0.497 e. The van der Waals surface area contributed by atoms with E-state index in [4.69, 9.17) is 9.47 Å². The summed E-state index contributed by atoms with van der Waals surface area (Å²) in [5.74, 6) is 1.35. The van der Waals surface area contributed by atoms with E-state index in [1.807, 2.05) is 12.1 Å². The summed E-state index contributed by atoms with van der Waals surface area (Å²) in [7, 11) is 0.112. The van der Waals surface area contributed by atoms with Gasteiger partial charge >= 0.3 is 0 Å². The van der Waals surface area contributed by atoms with E-state index >= 15 is 0 Å². The second kappa shape index (κ2) is 5.98. The number of aliphatic hydroxyl groups is 1. The van der Waals surface area contributed by atoms with Crippen molar-refractivity contribution in [2.24, 2.45) is 0 Å². The third-order valence-electron chi connectivity index (χ3n) is 5.14. The predicted molar refractivity (Wildman–Crippen MR) is 87.8 cm³/mol. The van der Waals surface area contributed by atoms with Crippen LogP contribution in [0.3, 0.4) is 0 Å². The van der Waals surface area contributed by atoms with Crippen LogP contribution >= 0.6 is 0 Å². The van der Waals surface area contributed by atoms with Gasteiger partial charge in [0, 0.05) is 12.5 Å². The number of ether oxygens (including phenoxy) is 2. The van der Waals surface area contributed by atoms with Gasteiger partial charge in [0.1, 0.15) is 11.5 Å². The Kier molecular flexibility index (Phi) is 4.31. The maximum absolute atomic E-state index is 12.4. The molecule has 1 N–H and O–H groups in total. The lowest BCUT2D eigenvalue weighted by Gasteiger charge is -2.44. The standard InChI is InChI=1S/C17H24O5S/c1-21-13-6-12(7-14(8-13)22-2)9-17(18)10-15-4-3-5-16(11-17)23(15,19)20/h6-8,15-16,18H,3-5,9-11H2,1-2H3. The van der Waals surface area contributed by atoms with Crippen LogP contribution in [0.1, 0.15) is 37.7 Å². The van der Waals surface area contributed by atoms with Gasteiger partial charge in [-0.05, 0) is 43.4 Å². The normalized spacial score (nSPS) is 32.3. The molecular formula is C17H24O5S. The van der Waals surface area contributed by atoms with Crippen molar-refractivity contribution in [3.63, 3.8) is 0 Å². The smallest absolute Gasteiger partial charge is 0.156 e. The van der Waals surface area contributed by atoms with Crippen LogP contribution in [-0.2, 0) is 16.3 Å². The minimum atomic E-state index is -3.06. The van der Waals surface area contributed by atoms with Gasteiger partial charge in [-0.25, -0.2) is 8.42 Å². The first-order valence-electron chi connectivity index (χ1n) is 8.03. The molecule has 128 valence electrons. The largest absolute Gasteiger partial charge is 0.497 e. The van der Waals surface area contributed by atoms with Gasteiger partial charge in [-0.2, -0.15) is 0 Å². The molecular weight excluding hydrogens is 316 g/mol. The molecule has 2 heterocycles. The highest BCUT2D eigenvalue weighted by atomic mass is 32.2. The molecule has 0 amide bonds. The Bertz CT molecular complexity index is 640. The molecule has 0 aliphatic carbocycles. The average Bonchev–Trinajstić information content (AvgIpc) is 2.48. The SMILES string of the molecule is COc1cc(CC2(O)CC3CCCC(C2)S3(=O)=O)cc(OC)c1. The van der Waals surface area contributed by atoms with E-state index in [1.165, 1.54) is 0 Å². The Morgan fingerprint density at radius 3 is 2.09 bits per heavy atom. The molecule has 3 rings (SSSR count). The van der Waals surface area contributed by atoms with Crippen LogP contribution in [0, 0.1) is 0 Å². The zero-order valence-electron chi connectivity index (χ0n) is 13.6. The molecule has 2 saturated heterocycles. The molecule has 2 bridgehead atoms. The van der Waals surface area contributed by atoms with E-state index in [9.17, 15) is 13.5 Å². The summed E-state index contributed by atoms with van der Waals surface area (Å²) in [6.45, 7) is 0. The van der Waals surface area contributed by atoms with Gasteiger partial charge in [0.25, 0.3) is 0 Å². The highest BCUT2D eigenvalue weighted by Gasteiger charge is 2.50. The molecule has 1 aromatic carbocycles. The Morgan fingerprint density at radius 2 is 1.61 bits per heavy atom. The Labute approximate surface area is 137 Å². The van der Waals surface area contributed by atoms with Crippen LogP contribution in [-0.4, -0.2) is 43.8 Å². The molecule has 2 fully saturated rings. The summed E-state index contributed by atoms with van der Waals surface area (Å²) in [5, 5.41) is 10.3. The van der Waals surface area contributed by atoms with Crippen LogP contribution in [0.4, 0.5) is 0 Å². The average molecular weight is 340 g/mol. The van der Waals surface area contributed by atoms with Gasteiger partial charge in [0.2, 0.25) is 0 Å². The van der Waals surface area contributed by atoms with Crippen LogP contribution in [0.15, 0.2) is 18.2 Å². The summed E-state index contributed by atoms with van der Waals surface area (Å²) >= 11 is 0. The van der Waals surface area contributed by atoms with Crippen LogP contribution < -0.4 is 9.47 Å². The Hall–Kier alpha value is -1.27. The molecule has 5 nitrogen and oxygen atoms in total. The fraction of sp³-hybridized carbons (Fsp3) is 0.647. The van der Waals surface area contributed by atoms with Gasteiger partial charge in [-0.3, -0.25) is 0 Å². The van der Waals surface area contributed by atoms with E-state index in [0.29, 0.717) is 43.6 Å². The monoisotopic (exact) mass is 340 g/mol. The van der Waals surface area contributed by atoms with Crippen molar-refractivity contribution in [1.82, 2.24) is 0 Å². The highest BCUT2D eigenvalue weighted by molar-refractivity contribution is 7.92. The van der Waals surface area contributed by atoms with E-state index in [2.05, 4.69) is 0 Å². The van der Waals surface area contributed by atoms with Crippen LogP contribution in [0.5, 0.6) is 11.5 Å². The third-order valence-corrected chi connectivity index (χ3v) is 7.80. The van der Waals surface area contributed by atoms with E-state index in [0.717, 1.165) is 12.0 Å². The molecule has 23 heavy (non-hydrogen) atoms. The lowest BCUT2D eigenvalue weighted by molar-refractivity contribution is 0.00984. The van der Waals surface area contributed by atoms with Crippen molar-refractivity contribution >= 4 is 9.84 Å². The molecule has 2 aliphatic heterocycles. The van der Waals surface area contributed by atoms with Gasteiger partial charge in [0.05, 0.1) is 30.3 Å². The molecule has 0 radical (unpaired) electrons. The molecule has 2 aliphatic rings. The lowest BCUT2D eigenvalue weighted by atomic mass is 9.81. The zero-order valence-corrected chi connectivity index (χ0v) is 14.4. The topological polar surface area (TPSA) is 72.8 Å². The fourth-order valence-electron chi connectivity index (χ4n) is 4.03. The first-order chi connectivity index (χ1) is 10.9. The number of benzene rings is 1. The quantitative estimate of drug-likeness (QED) is 0.909. The van der Waals surface area contributed by atoms with E-state index < -0.39 is 25.9 Å². The van der Waals surface area contributed by atoms with Gasteiger partial charge in [-0.15, -0.1) is 0 Å². The highest BCUT2D eigenvalue weighted by Crippen LogP contribution is 2.43. The number of hydrogen-bond donors (Lipinski definition) is 1. The lowest BCUT2D eigenvalue weighted by Crippen LogP contribution is -2.52. The van der Waals surface area contributed by atoms with Crippen molar-refractivity contribution in [1.29, 1.82) is 0 Å². The minimum absolute atomic E-state index is 0.325. The number of sulfone groups is 1. The molecule has 1 aromatic rings. The number of fused-ring (bicyclic) bond motifs is 2. The van der Waals surface area contributed by atoms with Crippen LogP contribution in [0.2, 0.25) is 0 Å². The molecule has 0 aromatic heterocycles. The zero-order chi connectivity index (χ0) is 16.7. The summed E-state index contributed by atoms with van der Waals surface area (Å²) in [6, 6.07) is 5.53. The van der Waals surface area contributed by atoms with Crippen molar-refractivity contribution in [3.05, 3.63) is 23.8 Å². The first kappa shape index (κ1) is 16.6.